The van der Waals surface area contributed by atoms with Crippen molar-refractivity contribution in [2.24, 2.45) is 5.73 Å². The smallest absolute Gasteiger partial charge is 0.235 e. The van der Waals surface area contributed by atoms with Crippen LogP contribution in [0.5, 0.6) is 0 Å². The second-order valence-electron chi connectivity index (χ2n) is 5.49. The normalized spacial score (nSPS) is 28.2. The highest BCUT2D eigenvalue weighted by molar-refractivity contribution is 5.80. The summed E-state index contributed by atoms with van der Waals surface area (Å²) in [5.74, 6) is -0.248. The molecule has 0 radical (unpaired) electrons. The zero-order valence-electron chi connectivity index (χ0n) is 12.1. The molecule has 1 fully saturated rings. The molecule has 1 aliphatic rings. The molecule has 18 heavy (non-hydrogen) atoms. The van der Waals surface area contributed by atoms with Gasteiger partial charge in [0.05, 0.1) is 6.04 Å². The van der Waals surface area contributed by atoms with Gasteiger partial charge in [0.2, 0.25) is 5.91 Å². The van der Waals surface area contributed by atoms with Crippen LogP contribution in [0.2, 0.25) is 0 Å². The van der Waals surface area contributed by atoms with Crippen LogP contribution in [-0.2, 0) is 4.79 Å². The number of hydrogen-bond donors (Lipinski definition) is 2. The third-order valence-corrected chi connectivity index (χ3v) is 3.86. The number of piperazine rings is 1. The Labute approximate surface area is 111 Å². The fraction of sp³-hybridized carbons (Fsp3) is 0.923. The number of nitrogens with one attached hydrogen (secondary N) is 1. The van der Waals surface area contributed by atoms with E-state index < -0.39 is 0 Å². The Morgan fingerprint density at radius 1 is 1.39 bits per heavy atom. The van der Waals surface area contributed by atoms with Crippen LogP contribution in [0.1, 0.15) is 27.2 Å². The molecule has 0 aliphatic carbocycles. The number of rotatable bonds is 6. The summed E-state index contributed by atoms with van der Waals surface area (Å²) in [6.07, 6.45) is 1.01. The number of carbonyl (C=O) groups excluding carboxylic acids is 1. The number of carbonyl (C=O) groups is 1. The molecule has 0 bridgehead atoms. The van der Waals surface area contributed by atoms with Gasteiger partial charge in [0, 0.05) is 31.7 Å². The van der Waals surface area contributed by atoms with Gasteiger partial charge >= 0.3 is 0 Å². The standard InChI is InChI=1S/C13H28N4O/c1-5-6-15-12(13(14)18)9-17-7-10(2)16(4)11(3)8-17/h10-12,15H,5-9H2,1-4H3,(H2,14,18). The molecule has 3 atom stereocenters. The average molecular weight is 256 g/mol. The SMILES string of the molecule is CCCNC(CN1CC(C)N(C)C(C)C1)C(N)=O. The predicted molar refractivity (Wildman–Crippen MR) is 74.4 cm³/mol. The van der Waals surface area contributed by atoms with Crippen LogP contribution in [-0.4, -0.2) is 67.1 Å². The Kier molecular flexibility index (Phi) is 6.05. The van der Waals surface area contributed by atoms with Gasteiger partial charge < -0.3 is 11.1 Å². The number of nitrogens with two attached hydrogens (primary N) is 1. The number of likely N-dealkylation sites (N-methyl/N-ethyl adjacent to an activating group) is 1. The fourth-order valence-corrected chi connectivity index (χ4v) is 2.49. The van der Waals surface area contributed by atoms with Crippen molar-refractivity contribution in [3.05, 3.63) is 0 Å². The third-order valence-electron chi connectivity index (χ3n) is 3.86. The molecule has 0 aromatic rings. The molecule has 5 nitrogen and oxygen atoms in total. The summed E-state index contributed by atoms with van der Waals surface area (Å²) in [6.45, 7) is 10.1. The summed E-state index contributed by atoms with van der Waals surface area (Å²) >= 11 is 0. The number of hydrogen-bond acceptors (Lipinski definition) is 4. The van der Waals surface area contributed by atoms with Crippen molar-refractivity contribution >= 4 is 5.91 Å². The molecule has 0 spiro atoms. The molecule has 0 aromatic heterocycles. The van der Waals surface area contributed by atoms with Crippen LogP contribution in [0.4, 0.5) is 0 Å². The monoisotopic (exact) mass is 256 g/mol. The fourth-order valence-electron chi connectivity index (χ4n) is 2.49. The molecule has 0 aromatic carbocycles. The first-order valence-electron chi connectivity index (χ1n) is 6.92. The summed E-state index contributed by atoms with van der Waals surface area (Å²) in [4.78, 5) is 16.2. The van der Waals surface area contributed by atoms with Crippen LogP contribution in [0, 0.1) is 0 Å². The highest BCUT2D eigenvalue weighted by atomic mass is 16.1. The summed E-state index contributed by atoms with van der Waals surface area (Å²) < 4.78 is 0. The minimum absolute atomic E-state index is 0.229. The van der Waals surface area contributed by atoms with Gasteiger partial charge in [-0.2, -0.15) is 0 Å². The average Bonchev–Trinajstić information content (AvgIpc) is 2.30. The first-order chi connectivity index (χ1) is 8.45. The third kappa shape index (κ3) is 4.23. The van der Waals surface area contributed by atoms with E-state index in [4.69, 9.17) is 5.73 Å². The molecule has 106 valence electrons. The van der Waals surface area contributed by atoms with E-state index >= 15 is 0 Å². The molecule has 3 N–H and O–H groups in total. The van der Waals surface area contributed by atoms with Crippen LogP contribution >= 0.6 is 0 Å². The highest BCUT2D eigenvalue weighted by Crippen LogP contribution is 2.13. The molecule has 1 rings (SSSR count). The summed E-state index contributed by atoms with van der Waals surface area (Å²) in [6, 6.07) is 0.814. The van der Waals surface area contributed by atoms with E-state index in [1.54, 1.807) is 0 Å². The van der Waals surface area contributed by atoms with E-state index in [1.807, 2.05) is 0 Å². The minimum atomic E-state index is -0.248. The maximum Gasteiger partial charge on any atom is 0.235 e. The van der Waals surface area contributed by atoms with Gasteiger partial charge in [-0.15, -0.1) is 0 Å². The lowest BCUT2D eigenvalue weighted by Crippen LogP contribution is -2.58. The van der Waals surface area contributed by atoms with Crippen molar-refractivity contribution in [3.63, 3.8) is 0 Å². The maximum atomic E-state index is 11.4. The van der Waals surface area contributed by atoms with Crippen LogP contribution in [0.25, 0.3) is 0 Å². The van der Waals surface area contributed by atoms with Gasteiger partial charge in [-0.1, -0.05) is 6.92 Å². The predicted octanol–water partition coefficient (Wildman–Crippen LogP) is -0.136. The number of amides is 1. The Morgan fingerprint density at radius 2 is 1.94 bits per heavy atom. The van der Waals surface area contributed by atoms with Crippen molar-refractivity contribution in [3.8, 4) is 0 Å². The lowest BCUT2D eigenvalue weighted by Gasteiger charge is -2.43. The van der Waals surface area contributed by atoms with Gasteiger partial charge in [0.15, 0.2) is 0 Å². The first-order valence-corrected chi connectivity index (χ1v) is 6.92. The van der Waals surface area contributed by atoms with Gasteiger partial charge in [-0.25, -0.2) is 0 Å². The van der Waals surface area contributed by atoms with Gasteiger partial charge in [0.1, 0.15) is 0 Å². The van der Waals surface area contributed by atoms with E-state index in [-0.39, 0.29) is 11.9 Å². The Bertz CT molecular complexity index is 260. The Hall–Kier alpha value is -0.650. The van der Waals surface area contributed by atoms with E-state index in [2.05, 4.69) is 42.9 Å². The molecule has 0 saturated carbocycles. The maximum absolute atomic E-state index is 11.4. The van der Waals surface area contributed by atoms with Crippen molar-refractivity contribution < 1.29 is 4.79 Å². The molecular formula is C13H28N4O. The van der Waals surface area contributed by atoms with E-state index in [0.29, 0.717) is 12.1 Å². The molecule has 1 amide bonds. The molecule has 1 heterocycles. The lowest BCUT2D eigenvalue weighted by molar-refractivity contribution is -0.120. The topological polar surface area (TPSA) is 61.6 Å². The van der Waals surface area contributed by atoms with Gasteiger partial charge in [-0.3, -0.25) is 14.6 Å². The second kappa shape index (κ2) is 7.07. The number of primary amides is 1. The zero-order valence-corrected chi connectivity index (χ0v) is 12.1. The molecule has 3 unspecified atom stereocenters. The largest absolute Gasteiger partial charge is 0.368 e. The molecule has 5 heteroatoms. The van der Waals surface area contributed by atoms with Crippen molar-refractivity contribution in [1.82, 2.24) is 15.1 Å². The zero-order chi connectivity index (χ0) is 13.7. The van der Waals surface area contributed by atoms with E-state index in [0.717, 1.165) is 32.6 Å². The van der Waals surface area contributed by atoms with Crippen molar-refractivity contribution in [2.45, 2.75) is 45.3 Å². The molecule has 1 saturated heterocycles. The van der Waals surface area contributed by atoms with Crippen LogP contribution in [0.15, 0.2) is 0 Å². The summed E-state index contributed by atoms with van der Waals surface area (Å²) in [7, 11) is 2.16. The second-order valence-corrected chi connectivity index (χ2v) is 5.49. The van der Waals surface area contributed by atoms with E-state index in [9.17, 15) is 4.79 Å². The van der Waals surface area contributed by atoms with Gasteiger partial charge in [0.25, 0.3) is 0 Å². The molecule has 1 aliphatic heterocycles. The van der Waals surface area contributed by atoms with Crippen molar-refractivity contribution in [2.75, 3.05) is 33.2 Å². The van der Waals surface area contributed by atoms with Crippen molar-refractivity contribution in [1.29, 1.82) is 0 Å². The van der Waals surface area contributed by atoms with E-state index in [1.165, 1.54) is 0 Å². The minimum Gasteiger partial charge on any atom is -0.368 e. The first kappa shape index (κ1) is 15.4. The molecular weight excluding hydrogens is 228 g/mol. The lowest BCUT2D eigenvalue weighted by atomic mass is 10.1. The van der Waals surface area contributed by atoms with Crippen LogP contribution in [0.3, 0.4) is 0 Å². The Balaban J connectivity index is 2.51. The number of nitrogens with zero attached hydrogens (tertiary/aromatic N) is 2. The highest BCUT2D eigenvalue weighted by Gasteiger charge is 2.28. The summed E-state index contributed by atoms with van der Waals surface area (Å²) in [5, 5.41) is 3.23. The van der Waals surface area contributed by atoms with Crippen LogP contribution < -0.4 is 11.1 Å². The summed E-state index contributed by atoms with van der Waals surface area (Å²) in [5.41, 5.74) is 5.45. The van der Waals surface area contributed by atoms with Gasteiger partial charge in [-0.05, 0) is 33.9 Å². The quantitative estimate of drug-likeness (QED) is 0.695. The Morgan fingerprint density at radius 3 is 2.39 bits per heavy atom.